The third kappa shape index (κ3) is 3.96. The number of amides is 1. The standard InChI is InChI=1S/C20H26N4OS/c1-13-4-3-5-17(14(13)2)21-18(25)12-24-10-8-16(9-11-24)20-23-22-19(26-20)15-6-7-15/h3-5,15-16H,6-12H2,1-2H3,(H,21,25). The van der Waals surface area contributed by atoms with E-state index in [4.69, 9.17) is 0 Å². The highest BCUT2D eigenvalue weighted by Gasteiger charge is 2.30. The van der Waals surface area contributed by atoms with E-state index < -0.39 is 0 Å². The van der Waals surface area contributed by atoms with E-state index in [-0.39, 0.29) is 5.91 Å². The van der Waals surface area contributed by atoms with Gasteiger partial charge < -0.3 is 5.32 Å². The van der Waals surface area contributed by atoms with Crippen LogP contribution < -0.4 is 5.32 Å². The highest BCUT2D eigenvalue weighted by Crippen LogP contribution is 2.43. The van der Waals surface area contributed by atoms with Gasteiger partial charge in [-0.1, -0.05) is 12.1 Å². The van der Waals surface area contributed by atoms with E-state index in [1.165, 1.54) is 28.4 Å². The molecule has 0 atom stereocenters. The van der Waals surface area contributed by atoms with Gasteiger partial charge in [0.1, 0.15) is 10.0 Å². The molecule has 6 heteroatoms. The van der Waals surface area contributed by atoms with Crippen LogP contribution in [-0.4, -0.2) is 40.6 Å². The molecule has 0 unspecified atom stereocenters. The van der Waals surface area contributed by atoms with Crippen molar-refractivity contribution in [2.24, 2.45) is 0 Å². The van der Waals surface area contributed by atoms with E-state index in [2.05, 4.69) is 33.4 Å². The first-order valence-corrected chi connectivity index (χ1v) is 10.3. The third-order valence-corrected chi connectivity index (χ3v) is 6.81. The lowest BCUT2D eigenvalue weighted by atomic mass is 9.98. The molecule has 0 bridgehead atoms. The molecule has 1 saturated heterocycles. The normalized spacial score (nSPS) is 18.8. The predicted octanol–water partition coefficient (Wildman–Crippen LogP) is 3.85. The number of aromatic nitrogens is 2. The second kappa shape index (κ2) is 7.45. The third-order valence-electron chi connectivity index (χ3n) is 5.57. The van der Waals surface area contributed by atoms with Crippen LogP contribution in [0.25, 0.3) is 0 Å². The summed E-state index contributed by atoms with van der Waals surface area (Å²) in [5, 5.41) is 14.3. The summed E-state index contributed by atoms with van der Waals surface area (Å²) in [7, 11) is 0. The average Bonchev–Trinajstić information content (AvgIpc) is 3.37. The number of carbonyl (C=O) groups is 1. The second-order valence-corrected chi connectivity index (χ2v) is 8.64. The molecular weight excluding hydrogens is 344 g/mol. The summed E-state index contributed by atoms with van der Waals surface area (Å²) >= 11 is 1.81. The highest BCUT2D eigenvalue weighted by molar-refractivity contribution is 7.11. The molecule has 2 heterocycles. The van der Waals surface area contributed by atoms with E-state index >= 15 is 0 Å². The van der Waals surface area contributed by atoms with Crippen molar-refractivity contribution in [1.82, 2.24) is 15.1 Å². The molecular formula is C20H26N4OS. The largest absolute Gasteiger partial charge is 0.325 e. The van der Waals surface area contributed by atoms with E-state index in [1.807, 2.05) is 30.4 Å². The topological polar surface area (TPSA) is 58.1 Å². The van der Waals surface area contributed by atoms with Gasteiger partial charge in [-0.15, -0.1) is 21.5 Å². The van der Waals surface area contributed by atoms with Gasteiger partial charge in [0.25, 0.3) is 0 Å². The van der Waals surface area contributed by atoms with Crippen molar-refractivity contribution in [3.8, 4) is 0 Å². The Bertz CT molecular complexity index is 791. The predicted molar refractivity (Wildman–Crippen MR) is 105 cm³/mol. The monoisotopic (exact) mass is 370 g/mol. The van der Waals surface area contributed by atoms with Gasteiger partial charge in [-0.05, 0) is 69.8 Å². The molecule has 1 aromatic carbocycles. The molecule has 138 valence electrons. The van der Waals surface area contributed by atoms with E-state index in [0.717, 1.165) is 37.2 Å². The quantitative estimate of drug-likeness (QED) is 0.868. The molecule has 1 saturated carbocycles. The number of benzene rings is 1. The van der Waals surface area contributed by atoms with E-state index in [1.54, 1.807) is 0 Å². The number of hydrogen-bond donors (Lipinski definition) is 1. The zero-order valence-corrected chi connectivity index (χ0v) is 16.3. The number of carbonyl (C=O) groups excluding carboxylic acids is 1. The Labute approximate surface area is 158 Å². The van der Waals surface area contributed by atoms with Gasteiger partial charge in [-0.2, -0.15) is 0 Å². The van der Waals surface area contributed by atoms with Gasteiger partial charge in [0, 0.05) is 17.5 Å². The van der Waals surface area contributed by atoms with Gasteiger partial charge in [0.05, 0.1) is 6.54 Å². The summed E-state index contributed by atoms with van der Waals surface area (Å²) in [6, 6.07) is 6.03. The van der Waals surface area contributed by atoms with Crippen LogP contribution in [0, 0.1) is 13.8 Å². The fraction of sp³-hybridized carbons (Fsp3) is 0.550. The molecule has 1 aliphatic carbocycles. The van der Waals surface area contributed by atoms with Crippen molar-refractivity contribution < 1.29 is 4.79 Å². The second-order valence-electron chi connectivity index (χ2n) is 7.60. The molecule has 1 aromatic heterocycles. The molecule has 2 aliphatic rings. The van der Waals surface area contributed by atoms with E-state index in [9.17, 15) is 4.79 Å². The molecule has 4 rings (SSSR count). The van der Waals surface area contributed by atoms with E-state index in [0.29, 0.717) is 18.4 Å². The number of nitrogens with zero attached hydrogens (tertiary/aromatic N) is 3. The first kappa shape index (κ1) is 17.6. The molecule has 1 N–H and O–H groups in total. The minimum atomic E-state index is 0.0732. The van der Waals surface area contributed by atoms with Crippen LogP contribution in [0.4, 0.5) is 5.69 Å². The fourth-order valence-electron chi connectivity index (χ4n) is 3.52. The lowest BCUT2D eigenvalue weighted by Gasteiger charge is -2.30. The SMILES string of the molecule is Cc1cccc(NC(=O)CN2CCC(c3nnc(C4CC4)s3)CC2)c1C. The molecule has 0 radical (unpaired) electrons. The van der Waals surface area contributed by atoms with Gasteiger partial charge in [0.2, 0.25) is 5.91 Å². The van der Waals surface area contributed by atoms with Crippen LogP contribution in [-0.2, 0) is 4.79 Å². The van der Waals surface area contributed by atoms with Crippen LogP contribution >= 0.6 is 11.3 Å². The Morgan fingerprint density at radius 2 is 1.77 bits per heavy atom. The summed E-state index contributed by atoms with van der Waals surface area (Å²) in [6.45, 7) is 6.47. The van der Waals surface area contributed by atoms with Crippen LogP contribution in [0.5, 0.6) is 0 Å². The summed E-state index contributed by atoms with van der Waals surface area (Å²) < 4.78 is 0. The lowest BCUT2D eigenvalue weighted by molar-refractivity contribution is -0.117. The number of rotatable bonds is 5. The Balaban J connectivity index is 1.27. The molecule has 1 aliphatic heterocycles. The highest BCUT2D eigenvalue weighted by atomic mass is 32.1. The lowest BCUT2D eigenvalue weighted by Crippen LogP contribution is -2.38. The molecule has 26 heavy (non-hydrogen) atoms. The van der Waals surface area contributed by atoms with Crippen LogP contribution in [0.15, 0.2) is 18.2 Å². The summed E-state index contributed by atoms with van der Waals surface area (Å²) in [6.07, 6.45) is 4.69. The zero-order valence-electron chi connectivity index (χ0n) is 15.5. The van der Waals surface area contributed by atoms with Crippen LogP contribution in [0.2, 0.25) is 0 Å². The van der Waals surface area contributed by atoms with Gasteiger partial charge in [0.15, 0.2) is 0 Å². The number of hydrogen-bond acceptors (Lipinski definition) is 5. The first-order chi connectivity index (χ1) is 12.6. The van der Waals surface area contributed by atoms with Crippen LogP contribution in [0.1, 0.15) is 58.7 Å². The minimum Gasteiger partial charge on any atom is -0.325 e. The Morgan fingerprint density at radius 3 is 2.42 bits per heavy atom. The van der Waals surface area contributed by atoms with Crippen molar-refractivity contribution in [3.05, 3.63) is 39.3 Å². The minimum absolute atomic E-state index is 0.0732. The maximum atomic E-state index is 12.4. The van der Waals surface area contributed by atoms with Gasteiger partial charge in [-0.25, -0.2) is 0 Å². The smallest absolute Gasteiger partial charge is 0.238 e. The average molecular weight is 371 g/mol. The summed E-state index contributed by atoms with van der Waals surface area (Å²) in [5.74, 6) is 1.28. The summed E-state index contributed by atoms with van der Waals surface area (Å²) in [4.78, 5) is 14.7. The molecule has 5 nitrogen and oxygen atoms in total. The van der Waals surface area contributed by atoms with Crippen molar-refractivity contribution in [2.75, 3.05) is 25.0 Å². The van der Waals surface area contributed by atoms with Crippen molar-refractivity contribution in [3.63, 3.8) is 0 Å². The number of anilines is 1. The molecule has 0 spiro atoms. The number of piperidine rings is 1. The molecule has 1 amide bonds. The maximum absolute atomic E-state index is 12.4. The number of likely N-dealkylation sites (tertiary alicyclic amines) is 1. The number of nitrogens with one attached hydrogen (secondary N) is 1. The Morgan fingerprint density at radius 1 is 1.12 bits per heavy atom. The molecule has 2 aromatic rings. The Kier molecular flexibility index (Phi) is 5.05. The fourth-order valence-corrected chi connectivity index (χ4v) is 4.71. The summed E-state index contributed by atoms with van der Waals surface area (Å²) in [5.41, 5.74) is 3.26. The van der Waals surface area contributed by atoms with Gasteiger partial charge >= 0.3 is 0 Å². The van der Waals surface area contributed by atoms with Crippen molar-refractivity contribution in [2.45, 2.75) is 51.4 Å². The zero-order chi connectivity index (χ0) is 18.1. The maximum Gasteiger partial charge on any atom is 0.238 e. The van der Waals surface area contributed by atoms with Crippen LogP contribution in [0.3, 0.4) is 0 Å². The first-order valence-electron chi connectivity index (χ1n) is 9.52. The number of aryl methyl sites for hydroxylation is 1. The van der Waals surface area contributed by atoms with Crippen molar-refractivity contribution >= 4 is 22.9 Å². The Hall–Kier alpha value is -1.79. The van der Waals surface area contributed by atoms with Gasteiger partial charge in [-0.3, -0.25) is 9.69 Å². The van der Waals surface area contributed by atoms with Crippen molar-refractivity contribution in [1.29, 1.82) is 0 Å². The molecule has 2 fully saturated rings.